The number of nitrogens with one attached hydrogen (secondary N) is 2. The monoisotopic (exact) mass is 435 g/mol. The van der Waals surface area contributed by atoms with Gasteiger partial charge in [-0.2, -0.15) is 0 Å². The first kappa shape index (κ1) is 20.2. The molecule has 0 spiro atoms. The molecule has 0 aliphatic heterocycles. The second kappa shape index (κ2) is 10.1. The second-order valence-electron chi connectivity index (χ2n) is 5.73. The predicted octanol–water partition coefficient (Wildman–Crippen LogP) is 2.45. The van der Waals surface area contributed by atoms with E-state index in [4.69, 9.17) is 4.42 Å². The number of guanidine groups is 1. The highest BCUT2D eigenvalue weighted by atomic mass is 127. The van der Waals surface area contributed by atoms with E-state index in [1.165, 1.54) is 12.8 Å². The SMILES string of the molecule is CCNC(=NCc1nc(C)c(C)o1)NCCN(CC)C1CC1.I. The van der Waals surface area contributed by atoms with E-state index in [0.29, 0.717) is 12.4 Å². The summed E-state index contributed by atoms with van der Waals surface area (Å²) in [5, 5.41) is 6.65. The van der Waals surface area contributed by atoms with Crippen molar-refractivity contribution in [2.45, 2.75) is 53.1 Å². The molecule has 0 atom stereocenters. The normalized spacial score (nSPS) is 14.7. The number of rotatable bonds is 8. The van der Waals surface area contributed by atoms with E-state index < -0.39 is 0 Å². The third kappa shape index (κ3) is 6.66. The Kier molecular flexibility index (Phi) is 8.90. The minimum absolute atomic E-state index is 0. The van der Waals surface area contributed by atoms with Crippen molar-refractivity contribution in [3.8, 4) is 0 Å². The van der Waals surface area contributed by atoms with Gasteiger partial charge in [0.05, 0.1) is 5.69 Å². The van der Waals surface area contributed by atoms with E-state index in [0.717, 1.165) is 49.6 Å². The summed E-state index contributed by atoms with van der Waals surface area (Å²) in [6.45, 7) is 12.6. The summed E-state index contributed by atoms with van der Waals surface area (Å²) in [5.74, 6) is 2.36. The lowest BCUT2D eigenvalue weighted by atomic mass is 10.4. The zero-order chi connectivity index (χ0) is 15.9. The van der Waals surface area contributed by atoms with Crippen LogP contribution >= 0.6 is 24.0 Å². The van der Waals surface area contributed by atoms with Gasteiger partial charge < -0.3 is 15.1 Å². The lowest BCUT2D eigenvalue weighted by molar-refractivity contribution is 0.282. The van der Waals surface area contributed by atoms with Crippen LogP contribution in [-0.4, -0.2) is 48.1 Å². The molecule has 0 saturated heterocycles. The molecule has 1 fully saturated rings. The first-order valence-corrected chi connectivity index (χ1v) is 8.33. The van der Waals surface area contributed by atoms with Crippen LogP contribution in [0.5, 0.6) is 0 Å². The summed E-state index contributed by atoms with van der Waals surface area (Å²) in [6, 6.07) is 0.810. The maximum Gasteiger partial charge on any atom is 0.216 e. The van der Waals surface area contributed by atoms with Crippen LogP contribution in [0.1, 0.15) is 44.0 Å². The van der Waals surface area contributed by atoms with Crippen LogP contribution in [0.3, 0.4) is 0 Å². The van der Waals surface area contributed by atoms with Crippen LogP contribution in [0, 0.1) is 13.8 Å². The highest BCUT2D eigenvalue weighted by molar-refractivity contribution is 14.0. The van der Waals surface area contributed by atoms with Crippen molar-refractivity contribution < 1.29 is 4.42 Å². The maximum atomic E-state index is 5.56. The van der Waals surface area contributed by atoms with Crippen LogP contribution in [0.2, 0.25) is 0 Å². The van der Waals surface area contributed by atoms with Crippen LogP contribution in [0.15, 0.2) is 9.41 Å². The summed E-state index contributed by atoms with van der Waals surface area (Å²) in [7, 11) is 0. The van der Waals surface area contributed by atoms with Gasteiger partial charge in [-0.25, -0.2) is 9.98 Å². The number of hydrogen-bond acceptors (Lipinski definition) is 4. The third-order valence-corrected chi connectivity index (χ3v) is 3.95. The molecule has 1 saturated carbocycles. The lowest BCUT2D eigenvalue weighted by Crippen LogP contribution is -2.42. The molecule has 7 heteroatoms. The molecule has 1 aromatic heterocycles. The van der Waals surface area contributed by atoms with Gasteiger partial charge in [-0.1, -0.05) is 6.92 Å². The van der Waals surface area contributed by atoms with Crippen molar-refractivity contribution in [2.75, 3.05) is 26.2 Å². The van der Waals surface area contributed by atoms with E-state index in [9.17, 15) is 0 Å². The van der Waals surface area contributed by atoms with Crippen molar-refractivity contribution in [2.24, 2.45) is 4.99 Å². The van der Waals surface area contributed by atoms with E-state index in [1.54, 1.807) is 0 Å². The minimum atomic E-state index is 0. The molecule has 23 heavy (non-hydrogen) atoms. The molecule has 2 rings (SSSR count). The smallest absolute Gasteiger partial charge is 0.216 e. The van der Waals surface area contributed by atoms with Gasteiger partial charge in [-0.05, 0) is 40.2 Å². The Balaban J connectivity index is 0.00000264. The topological polar surface area (TPSA) is 65.7 Å². The van der Waals surface area contributed by atoms with E-state index in [-0.39, 0.29) is 24.0 Å². The Morgan fingerprint density at radius 3 is 2.57 bits per heavy atom. The Labute approximate surface area is 156 Å². The van der Waals surface area contributed by atoms with Crippen molar-refractivity contribution in [3.63, 3.8) is 0 Å². The average molecular weight is 435 g/mol. The Bertz CT molecular complexity index is 479. The minimum Gasteiger partial charge on any atom is -0.444 e. The summed E-state index contributed by atoms with van der Waals surface area (Å²) in [5.41, 5.74) is 0.936. The van der Waals surface area contributed by atoms with Gasteiger partial charge in [0.1, 0.15) is 12.3 Å². The molecule has 0 bridgehead atoms. The first-order valence-electron chi connectivity index (χ1n) is 8.33. The molecule has 0 radical (unpaired) electrons. The van der Waals surface area contributed by atoms with Gasteiger partial charge in [0, 0.05) is 25.7 Å². The number of aliphatic imine (C=N–C) groups is 1. The van der Waals surface area contributed by atoms with E-state index in [1.807, 2.05) is 13.8 Å². The highest BCUT2D eigenvalue weighted by Gasteiger charge is 2.27. The predicted molar refractivity (Wildman–Crippen MR) is 104 cm³/mol. The van der Waals surface area contributed by atoms with Crippen LogP contribution < -0.4 is 10.6 Å². The Morgan fingerprint density at radius 2 is 2.04 bits per heavy atom. The Morgan fingerprint density at radius 1 is 1.30 bits per heavy atom. The van der Waals surface area contributed by atoms with Gasteiger partial charge >= 0.3 is 0 Å². The summed E-state index contributed by atoms with van der Waals surface area (Å²) >= 11 is 0. The molecule has 1 aliphatic rings. The van der Waals surface area contributed by atoms with Gasteiger partial charge in [-0.3, -0.25) is 4.90 Å². The zero-order valence-electron chi connectivity index (χ0n) is 14.7. The van der Waals surface area contributed by atoms with Crippen LogP contribution in [0.25, 0.3) is 0 Å². The number of nitrogens with zero attached hydrogens (tertiary/aromatic N) is 3. The number of oxazole rings is 1. The van der Waals surface area contributed by atoms with Crippen molar-refractivity contribution in [1.29, 1.82) is 0 Å². The molecule has 132 valence electrons. The second-order valence-corrected chi connectivity index (χ2v) is 5.73. The summed E-state index contributed by atoms with van der Waals surface area (Å²) < 4.78 is 5.56. The van der Waals surface area contributed by atoms with Gasteiger partial charge in [-0.15, -0.1) is 24.0 Å². The van der Waals surface area contributed by atoms with E-state index >= 15 is 0 Å². The fourth-order valence-electron chi connectivity index (χ4n) is 2.45. The molecule has 1 aliphatic carbocycles. The van der Waals surface area contributed by atoms with Crippen molar-refractivity contribution in [1.82, 2.24) is 20.5 Å². The number of likely N-dealkylation sites (N-methyl/N-ethyl adjacent to an activating group) is 1. The molecular formula is C16H30IN5O. The summed E-state index contributed by atoms with van der Waals surface area (Å²) in [4.78, 5) is 11.4. The number of halogens is 1. The van der Waals surface area contributed by atoms with E-state index in [2.05, 4.69) is 39.4 Å². The first-order chi connectivity index (χ1) is 10.6. The summed E-state index contributed by atoms with van der Waals surface area (Å²) in [6.07, 6.45) is 2.70. The largest absolute Gasteiger partial charge is 0.444 e. The maximum absolute atomic E-state index is 5.56. The molecular weight excluding hydrogens is 405 g/mol. The number of hydrogen-bond donors (Lipinski definition) is 2. The molecule has 2 N–H and O–H groups in total. The van der Waals surface area contributed by atoms with Crippen LogP contribution in [-0.2, 0) is 6.54 Å². The molecule has 1 heterocycles. The lowest BCUT2D eigenvalue weighted by Gasteiger charge is -2.20. The molecule has 1 aromatic rings. The number of aromatic nitrogens is 1. The fraction of sp³-hybridized carbons (Fsp3) is 0.750. The van der Waals surface area contributed by atoms with Gasteiger partial charge in [0.2, 0.25) is 5.89 Å². The molecule has 0 aromatic carbocycles. The van der Waals surface area contributed by atoms with Crippen molar-refractivity contribution >= 4 is 29.9 Å². The highest BCUT2D eigenvalue weighted by Crippen LogP contribution is 2.25. The van der Waals surface area contributed by atoms with Gasteiger partial charge in [0.25, 0.3) is 0 Å². The zero-order valence-corrected chi connectivity index (χ0v) is 17.0. The third-order valence-electron chi connectivity index (χ3n) is 3.95. The standard InChI is InChI=1S/C16H29N5O.HI/c1-5-17-16(18-9-10-21(6-2)14-7-8-14)19-11-15-20-12(3)13(4)22-15;/h14H,5-11H2,1-4H3,(H2,17,18,19);1H. The molecule has 6 nitrogen and oxygen atoms in total. The number of aryl methyl sites for hydroxylation is 2. The molecule has 0 amide bonds. The van der Waals surface area contributed by atoms with Gasteiger partial charge in [0.15, 0.2) is 5.96 Å². The average Bonchev–Trinajstić information content (AvgIpc) is 3.28. The quantitative estimate of drug-likeness (QED) is 0.373. The Hall–Kier alpha value is -0.830. The van der Waals surface area contributed by atoms with Crippen molar-refractivity contribution in [3.05, 3.63) is 17.3 Å². The van der Waals surface area contributed by atoms with Crippen LogP contribution in [0.4, 0.5) is 0 Å². The fourth-order valence-corrected chi connectivity index (χ4v) is 2.45. The molecule has 0 unspecified atom stereocenters.